The maximum atomic E-state index is 13.3. The predicted molar refractivity (Wildman–Crippen MR) is 70.1 cm³/mol. The van der Waals surface area contributed by atoms with Gasteiger partial charge in [-0.25, -0.2) is 4.39 Å². The molecule has 98 valence electrons. The van der Waals surface area contributed by atoms with Crippen LogP contribution in [0, 0.1) is 12.7 Å². The van der Waals surface area contributed by atoms with E-state index in [4.69, 9.17) is 10.2 Å². The summed E-state index contributed by atoms with van der Waals surface area (Å²) in [5.74, 6) is 0.367. The summed E-state index contributed by atoms with van der Waals surface area (Å²) in [6.45, 7) is 1.89. The Morgan fingerprint density at radius 3 is 2.89 bits per heavy atom. The molecule has 1 aromatic carbocycles. The first-order valence-electron chi connectivity index (χ1n) is 5.99. The van der Waals surface area contributed by atoms with Crippen molar-refractivity contribution in [1.82, 2.24) is 9.78 Å². The van der Waals surface area contributed by atoms with Crippen molar-refractivity contribution >= 4 is 11.0 Å². The van der Waals surface area contributed by atoms with Crippen molar-refractivity contribution in [3.8, 4) is 0 Å². The molecule has 0 aliphatic rings. The summed E-state index contributed by atoms with van der Waals surface area (Å²) < 4.78 is 20.7. The number of hydrogen-bond donors (Lipinski definition) is 1. The van der Waals surface area contributed by atoms with Crippen molar-refractivity contribution in [2.24, 2.45) is 12.8 Å². The van der Waals surface area contributed by atoms with Crippen LogP contribution in [0.2, 0.25) is 0 Å². The summed E-state index contributed by atoms with van der Waals surface area (Å²) in [4.78, 5) is 0. The second kappa shape index (κ2) is 4.20. The van der Waals surface area contributed by atoms with E-state index in [1.165, 1.54) is 12.1 Å². The molecule has 1 unspecified atom stereocenters. The van der Waals surface area contributed by atoms with E-state index in [0.29, 0.717) is 11.3 Å². The fourth-order valence-corrected chi connectivity index (χ4v) is 2.26. The van der Waals surface area contributed by atoms with Gasteiger partial charge in [-0.15, -0.1) is 0 Å². The molecule has 0 bridgehead atoms. The number of rotatable bonds is 2. The van der Waals surface area contributed by atoms with Gasteiger partial charge in [0, 0.05) is 29.8 Å². The number of aromatic nitrogens is 2. The standard InChI is InChI=1S/C14H14FN3O/c1-8-11-5-10(15)3-4-12(11)19-14(8)13(16)9-6-17-18(2)7-9/h3-7,13H,16H2,1-2H3. The minimum absolute atomic E-state index is 0.280. The van der Waals surface area contributed by atoms with Crippen molar-refractivity contribution in [1.29, 1.82) is 0 Å². The number of nitrogens with zero attached hydrogens (tertiary/aromatic N) is 2. The molecule has 2 heterocycles. The van der Waals surface area contributed by atoms with Gasteiger partial charge in [0.2, 0.25) is 0 Å². The van der Waals surface area contributed by atoms with Crippen LogP contribution in [0.4, 0.5) is 4.39 Å². The lowest BCUT2D eigenvalue weighted by Gasteiger charge is -2.06. The van der Waals surface area contributed by atoms with Gasteiger partial charge in [-0.3, -0.25) is 4.68 Å². The highest BCUT2D eigenvalue weighted by Crippen LogP contribution is 2.31. The van der Waals surface area contributed by atoms with Gasteiger partial charge < -0.3 is 10.2 Å². The fraction of sp³-hybridized carbons (Fsp3) is 0.214. The van der Waals surface area contributed by atoms with Crippen LogP contribution in [0.25, 0.3) is 11.0 Å². The minimum Gasteiger partial charge on any atom is -0.459 e. The molecule has 0 saturated heterocycles. The molecule has 19 heavy (non-hydrogen) atoms. The lowest BCUT2D eigenvalue weighted by Crippen LogP contribution is -2.11. The Bertz CT molecular complexity index is 744. The van der Waals surface area contributed by atoms with E-state index in [2.05, 4.69) is 5.10 Å². The van der Waals surface area contributed by atoms with Gasteiger partial charge in [-0.2, -0.15) is 5.10 Å². The molecule has 1 atom stereocenters. The molecule has 3 aromatic rings. The summed E-state index contributed by atoms with van der Waals surface area (Å²) >= 11 is 0. The molecule has 4 nitrogen and oxygen atoms in total. The normalized spacial score (nSPS) is 13.1. The molecule has 0 amide bonds. The van der Waals surface area contributed by atoms with Crippen molar-refractivity contribution in [2.45, 2.75) is 13.0 Å². The Morgan fingerprint density at radius 1 is 1.42 bits per heavy atom. The Morgan fingerprint density at radius 2 is 2.21 bits per heavy atom. The zero-order chi connectivity index (χ0) is 13.6. The molecule has 0 spiro atoms. The topological polar surface area (TPSA) is 57.0 Å². The molecule has 0 fully saturated rings. The second-order valence-electron chi connectivity index (χ2n) is 4.66. The first-order valence-corrected chi connectivity index (χ1v) is 5.99. The molecule has 2 aromatic heterocycles. The highest BCUT2D eigenvalue weighted by atomic mass is 19.1. The van der Waals surface area contributed by atoms with Crippen LogP contribution < -0.4 is 5.73 Å². The van der Waals surface area contributed by atoms with E-state index in [-0.39, 0.29) is 5.82 Å². The molecule has 0 radical (unpaired) electrons. The van der Waals surface area contributed by atoms with Gasteiger partial charge in [0.1, 0.15) is 17.2 Å². The molecule has 5 heteroatoms. The van der Waals surface area contributed by atoms with Gasteiger partial charge in [0.15, 0.2) is 0 Å². The van der Waals surface area contributed by atoms with Crippen LogP contribution in [0.5, 0.6) is 0 Å². The van der Waals surface area contributed by atoms with Crippen LogP contribution in [0.15, 0.2) is 35.0 Å². The first kappa shape index (κ1) is 11.9. The average molecular weight is 259 g/mol. The first-order chi connectivity index (χ1) is 9.06. The monoisotopic (exact) mass is 259 g/mol. The number of fused-ring (bicyclic) bond motifs is 1. The summed E-state index contributed by atoms with van der Waals surface area (Å²) in [6.07, 6.45) is 3.55. The van der Waals surface area contributed by atoms with E-state index in [1.807, 2.05) is 20.2 Å². The third kappa shape index (κ3) is 1.92. The van der Waals surface area contributed by atoms with Gasteiger partial charge in [0.05, 0.1) is 12.2 Å². The average Bonchev–Trinajstić information content (AvgIpc) is 2.94. The lowest BCUT2D eigenvalue weighted by atomic mass is 10.0. The third-order valence-electron chi connectivity index (χ3n) is 3.30. The number of hydrogen-bond acceptors (Lipinski definition) is 3. The second-order valence-corrected chi connectivity index (χ2v) is 4.66. The SMILES string of the molecule is Cc1c(C(N)c2cnn(C)c2)oc2ccc(F)cc12. The van der Waals surface area contributed by atoms with Gasteiger partial charge in [-0.1, -0.05) is 0 Å². The van der Waals surface area contributed by atoms with Crippen LogP contribution in [0.3, 0.4) is 0 Å². The van der Waals surface area contributed by atoms with Crippen LogP contribution in [-0.4, -0.2) is 9.78 Å². The fourth-order valence-electron chi connectivity index (χ4n) is 2.26. The Labute approximate surface area is 109 Å². The maximum absolute atomic E-state index is 13.3. The number of halogens is 1. The molecular weight excluding hydrogens is 245 g/mol. The smallest absolute Gasteiger partial charge is 0.134 e. The molecule has 0 saturated carbocycles. The predicted octanol–water partition coefficient (Wildman–Crippen LogP) is 2.66. The van der Waals surface area contributed by atoms with Gasteiger partial charge >= 0.3 is 0 Å². The van der Waals surface area contributed by atoms with Crippen LogP contribution in [-0.2, 0) is 7.05 Å². The van der Waals surface area contributed by atoms with E-state index in [1.54, 1.807) is 16.9 Å². The van der Waals surface area contributed by atoms with E-state index in [9.17, 15) is 4.39 Å². The molecule has 3 rings (SSSR count). The Hall–Kier alpha value is -2.14. The highest BCUT2D eigenvalue weighted by Gasteiger charge is 2.20. The number of aryl methyl sites for hydroxylation is 2. The van der Waals surface area contributed by atoms with Gasteiger partial charge in [-0.05, 0) is 25.1 Å². The van der Waals surface area contributed by atoms with Crippen LogP contribution >= 0.6 is 0 Å². The zero-order valence-corrected chi connectivity index (χ0v) is 10.7. The van der Waals surface area contributed by atoms with Crippen molar-refractivity contribution < 1.29 is 8.81 Å². The molecular formula is C14H14FN3O. The van der Waals surface area contributed by atoms with Crippen molar-refractivity contribution in [2.75, 3.05) is 0 Å². The lowest BCUT2D eigenvalue weighted by molar-refractivity contribution is 0.520. The van der Waals surface area contributed by atoms with E-state index in [0.717, 1.165) is 16.5 Å². The van der Waals surface area contributed by atoms with E-state index < -0.39 is 6.04 Å². The largest absolute Gasteiger partial charge is 0.459 e. The summed E-state index contributed by atoms with van der Waals surface area (Å²) in [6, 6.07) is 4.07. The number of furan rings is 1. The molecule has 0 aliphatic carbocycles. The number of nitrogens with two attached hydrogens (primary N) is 1. The van der Waals surface area contributed by atoms with Crippen LogP contribution in [0.1, 0.15) is 22.9 Å². The molecule has 0 aliphatic heterocycles. The van der Waals surface area contributed by atoms with Crippen molar-refractivity contribution in [3.05, 3.63) is 53.3 Å². The van der Waals surface area contributed by atoms with E-state index >= 15 is 0 Å². The third-order valence-corrected chi connectivity index (χ3v) is 3.30. The highest BCUT2D eigenvalue weighted by molar-refractivity contribution is 5.82. The van der Waals surface area contributed by atoms with Gasteiger partial charge in [0.25, 0.3) is 0 Å². The number of benzene rings is 1. The quantitative estimate of drug-likeness (QED) is 0.769. The summed E-state index contributed by atoms with van der Waals surface area (Å²) in [5, 5.41) is 4.85. The Kier molecular flexibility index (Phi) is 2.64. The Balaban J connectivity index is 2.12. The summed E-state index contributed by atoms with van der Waals surface area (Å²) in [5.41, 5.74) is 8.57. The minimum atomic E-state index is -0.399. The maximum Gasteiger partial charge on any atom is 0.134 e. The molecule has 2 N–H and O–H groups in total. The summed E-state index contributed by atoms with van der Waals surface area (Å²) in [7, 11) is 1.83. The van der Waals surface area contributed by atoms with Crippen molar-refractivity contribution in [3.63, 3.8) is 0 Å². The zero-order valence-electron chi connectivity index (χ0n) is 10.7.